The van der Waals surface area contributed by atoms with Gasteiger partial charge < -0.3 is 5.32 Å². The predicted molar refractivity (Wildman–Crippen MR) is 88.8 cm³/mol. The van der Waals surface area contributed by atoms with Crippen molar-refractivity contribution in [2.75, 3.05) is 12.3 Å². The van der Waals surface area contributed by atoms with Crippen molar-refractivity contribution in [1.29, 1.82) is 0 Å². The van der Waals surface area contributed by atoms with Gasteiger partial charge in [0, 0.05) is 30.8 Å². The average Bonchev–Trinajstić information content (AvgIpc) is 3.13. The third-order valence-electron chi connectivity index (χ3n) is 3.84. The number of thiophene rings is 1. The second-order valence-electron chi connectivity index (χ2n) is 5.29. The number of rotatable bonds is 4. The zero-order valence-corrected chi connectivity index (χ0v) is 14.2. The fraction of sp³-hybridized carbons (Fsp3) is 0.462. The molecular weight excluding hydrogens is 334 g/mol. The van der Waals surface area contributed by atoms with Crippen LogP contribution in [0.15, 0.2) is 16.3 Å². The number of aromatic nitrogens is 6. The number of hydrogen-bond acceptors (Lipinski definition) is 8. The van der Waals surface area contributed by atoms with E-state index in [2.05, 4.69) is 25.8 Å². The Bertz CT molecular complexity index is 913. The zero-order chi connectivity index (χ0) is 15.8. The molecule has 0 radical (unpaired) electrons. The highest BCUT2D eigenvalue weighted by molar-refractivity contribution is 7.99. The van der Waals surface area contributed by atoms with E-state index >= 15 is 0 Å². The Morgan fingerprint density at radius 1 is 1.48 bits per heavy atom. The van der Waals surface area contributed by atoms with Gasteiger partial charge in [-0.2, -0.15) is 0 Å². The first-order valence-corrected chi connectivity index (χ1v) is 9.10. The van der Waals surface area contributed by atoms with Crippen LogP contribution in [-0.2, 0) is 26.6 Å². The van der Waals surface area contributed by atoms with Crippen molar-refractivity contribution in [1.82, 2.24) is 35.1 Å². The van der Waals surface area contributed by atoms with Crippen molar-refractivity contribution in [2.45, 2.75) is 24.7 Å². The van der Waals surface area contributed by atoms with Crippen molar-refractivity contribution in [3.8, 4) is 0 Å². The van der Waals surface area contributed by atoms with E-state index in [4.69, 9.17) is 0 Å². The Kier molecular flexibility index (Phi) is 3.87. The average molecular weight is 349 g/mol. The van der Waals surface area contributed by atoms with Gasteiger partial charge >= 0.3 is 0 Å². The van der Waals surface area contributed by atoms with Crippen LogP contribution < -0.4 is 10.9 Å². The maximum Gasteiger partial charge on any atom is 0.262 e. The van der Waals surface area contributed by atoms with Crippen molar-refractivity contribution in [3.05, 3.63) is 27.1 Å². The number of hydrogen-bond donors (Lipinski definition) is 1. The molecule has 0 aromatic carbocycles. The zero-order valence-electron chi connectivity index (χ0n) is 12.5. The molecule has 0 saturated heterocycles. The smallest absolute Gasteiger partial charge is 0.262 e. The van der Waals surface area contributed by atoms with Crippen LogP contribution in [0.3, 0.4) is 0 Å². The summed E-state index contributed by atoms with van der Waals surface area (Å²) in [5.41, 5.74) is 1.24. The van der Waals surface area contributed by atoms with E-state index < -0.39 is 0 Å². The van der Waals surface area contributed by atoms with Crippen molar-refractivity contribution in [2.24, 2.45) is 7.05 Å². The molecule has 0 unspecified atom stereocenters. The van der Waals surface area contributed by atoms with Crippen LogP contribution in [0.5, 0.6) is 0 Å². The SMILES string of the molecule is Cn1nnnc1SCCn1cnc2sc3c(c2c1=O)CCNC3. The second kappa shape index (κ2) is 6.02. The molecule has 1 aliphatic heterocycles. The lowest BCUT2D eigenvalue weighted by Crippen LogP contribution is -2.25. The number of tetrazole rings is 1. The second-order valence-corrected chi connectivity index (χ2v) is 7.43. The molecule has 4 rings (SSSR count). The van der Waals surface area contributed by atoms with Crippen LogP contribution in [0.25, 0.3) is 10.2 Å². The highest BCUT2D eigenvalue weighted by Crippen LogP contribution is 2.29. The fourth-order valence-corrected chi connectivity index (χ4v) is 4.62. The van der Waals surface area contributed by atoms with Gasteiger partial charge in [0.05, 0.1) is 11.7 Å². The minimum atomic E-state index is 0.0612. The number of thioether (sulfide) groups is 1. The summed E-state index contributed by atoms with van der Waals surface area (Å²) in [4.78, 5) is 19.3. The van der Waals surface area contributed by atoms with E-state index in [1.165, 1.54) is 22.2 Å². The molecule has 8 nitrogen and oxygen atoms in total. The third-order valence-corrected chi connectivity index (χ3v) is 5.97. The van der Waals surface area contributed by atoms with E-state index in [0.29, 0.717) is 6.54 Å². The van der Waals surface area contributed by atoms with Gasteiger partial charge in [-0.3, -0.25) is 9.36 Å². The molecule has 0 saturated carbocycles. The Labute approximate surface area is 139 Å². The van der Waals surface area contributed by atoms with Crippen LogP contribution in [-0.4, -0.2) is 42.1 Å². The first-order chi connectivity index (χ1) is 11.2. The largest absolute Gasteiger partial charge is 0.312 e. The van der Waals surface area contributed by atoms with Crippen molar-refractivity contribution < 1.29 is 0 Å². The maximum absolute atomic E-state index is 12.8. The van der Waals surface area contributed by atoms with Gasteiger partial charge in [0.2, 0.25) is 5.16 Å². The predicted octanol–water partition coefficient (Wildman–Crippen LogP) is 0.419. The van der Waals surface area contributed by atoms with Gasteiger partial charge in [-0.1, -0.05) is 11.8 Å². The van der Waals surface area contributed by atoms with E-state index in [-0.39, 0.29) is 5.56 Å². The molecule has 3 aromatic heterocycles. The molecule has 0 amide bonds. The summed E-state index contributed by atoms with van der Waals surface area (Å²) < 4.78 is 3.31. The van der Waals surface area contributed by atoms with E-state index in [9.17, 15) is 4.79 Å². The van der Waals surface area contributed by atoms with Crippen LogP contribution in [0.4, 0.5) is 0 Å². The molecule has 0 aliphatic carbocycles. The quantitative estimate of drug-likeness (QED) is 0.683. The van der Waals surface area contributed by atoms with Crippen LogP contribution >= 0.6 is 23.1 Å². The molecule has 0 atom stereocenters. The first-order valence-electron chi connectivity index (χ1n) is 7.29. The Morgan fingerprint density at radius 2 is 2.39 bits per heavy atom. The molecule has 4 heterocycles. The summed E-state index contributed by atoms with van der Waals surface area (Å²) in [7, 11) is 1.80. The molecule has 10 heteroatoms. The molecule has 23 heavy (non-hydrogen) atoms. The summed E-state index contributed by atoms with van der Waals surface area (Å²) in [6.45, 7) is 2.34. The summed E-state index contributed by atoms with van der Waals surface area (Å²) >= 11 is 3.15. The minimum Gasteiger partial charge on any atom is -0.312 e. The van der Waals surface area contributed by atoms with Gasteiger partial charge in [0.1, 0.15) is 4.83 Å². The van der Waals surface area contributed by atoms with Crippen molar-refractivity contribution in [3.63, 3.8) is 0 Å². The lowest BCUT2D eigenvalue weighted by molar-refractivity contribution is 0.655. The minimum absolute atomic E-state index is 0.0612. The summed E-state index contributed by atoms with van der Waals surface area (Å²) in [5.74, 6) is 0.717. The number of fused-ring (bicyclic) bond motifs is 3. The first kappa shape index (κ1) is 14.8. The van der Waals surface area contributed by atoms with E-state index in [0.717, 1.165) is 40.6 Å². The third kappa shape index (κ3) is 2.66. The summed E-state index contributed by atoms with van der Waals surface area (Å²) in [6, 6.07) is 0. The van der Waals surface area contributed by atoms with Crippen LogP contribution in [0.1, 0.15) is 10.4 Å². The van der Waals surface area contributed by atoms with Gasteiger partial charge in [0.15, 0.2) is 0 Å². The standard InChI is InChI=1S/C13H15N7OS2/c1-19-13(16-17-18-19)22-5-4-20-7-15-11-10(12(20)21)8-2-3-14-6-9(8)23-11/h7,14H,2-6H2,1H3. The van der Waals surface area contributed by atoms with Gasteiger partial charge in [-0.15, -0.1) is 16.4 Å². The molecule has 1 aliphatic rings. The van der Waals surface area contributed by atoms with Gasteiger partial charge in [-0.05, 0) is 29.0 Å². The summed E-state index contributed by atoms with van der Waals surface area (Å²) in [5, 5.41) is 16.2. The number of nitrogens with zero attached hydrogens (tertiary/aromatic N) is 6. The van der Waals surface area contributed by atoms with Gasteiger partial charge in [-0.25, -0.2) is 9.67 Å². The van der Waals surface area contributed by atoms with E-state index in [1.54, 1.807) is 34.0 Å². The molecule has 120 valence electrons. The number of nitrogens with one attached hydrogen (secondary N) is 1. The number of aryl methyl sites for hydroxylation is 2. The maximum atomic E-state index is 12.8. The molecule has 3 aromatic rings. The fourth-order valence-electron chi connectivity index (χ4n) is 2.69. The highest BCUT2D eigenvalue weighted by atomic mass is 32.2. The highest BCUT2D eigenvalue weighted by Gasteiger charge is 2.19. The monoisotopic (exact) mass is 349 g/mol. The molecular formula is C13H15N7OS2. The Hall–Kier alpha value is -1.78. The Balaban J connectivity index is 1.59. The molecule has 0 bridgehead atoms. The van der Waals surface area contributed by atoms with Gasteiger partial charge in [0.25, 0.3) is 5.56 Å². The van der Waals surface area contributed by atoms with Crippen molar-refractivity contribution >= 4 is 33.3 Å². The Morgan fingerprint density at radius 3 is 3.22 bits per heavy atom. The van der Waals surface area contributed by atoms with Crippen LogP contribution in [0, 0.1) is 0 Å². The summed E-state index contributed by atoms with van der Waals surface area (Å²) in [6.07, 6.45) is 2.55. The topological polar surface area (TPSA) is 90.5 Å². The lowest BCUT2D eigenvalue weighted by atomic mass is 10.1. The normalized spacial score (nSPS) is 14.3. The molecule has 0 fully saturated rings. The molecule has 0 spiro atoms. The van der Waals surface area contributed by atoms with E-state index in [1.807, 2.05) is 0 Å². The van der Waals surface area contributed by atoms with Crippen LogP contribution in [0.2, 0.25) is 0 Å². The lowest BCUT2D eigenvalue weighted by Gasteiger charge is -2.12. The molecule has 1 N–H and O–H groups in total.